The number of quaternary nitrogens is 1. The van der Waals surface area contributed by atoms with Crippen LogP contribution in [0, 0.1) is 0 Å². The Bertz CT molecular complexity index is 393. The van der Waals surface area contributed by atoms with Crippen molar-refractivity contribution in [2.24, 2.45) is 0 Å². The van der Waals surface area contributed by atoms with Crippen molar-refractivity contribution in [3.05, 3.63) is 28.7 Å². The van der Waals surface area contributed by atoms with E-state index in [-0.39, 0.29) is 4.90 Å². The van der Waals surface area contributed by atoms with Crippen LogP contribution in [0.5, 0.6) is 0 Å². The van der Waals surface area contributed by atoms with Gasteiger partial charge in [0.1, 0.15) is 4.90 Å². The van der Waals surface area contributed by atoms with Gasteiger partial charge < -0.3 is 0 Å². The second-order valence-electron chi connectivity index (χ2n) is 2.18. The summed E-state index contributed by atoms with van der Waals surface area (Å²) >= 11 is 6.47. The molecule has 0 aliphatic carbocycles. The fourth-order valence-corrected chi connectivity index (χ4v) is 2.91. The maximum Gasteiger partial charge on any atom is 0.356 e. The summed E-state index contributed by atoms with van der Waals surface area (Å²) in [7, 11) is -3.51. The van der Waals surface area contributed by atoms with Crippen molar-refractivity contribution in [3.63, 3.8) is 0 Å². The first kappa shape index (κ1) is 11.0. The quantitative estimate of drug-likeness (QED) is 0.482. The van der Waals surface area contributed by atoms with E-state index in [9.17, 15) is 8.42 Å². The van der Waals surface area contributed by atoms with Gasteiger partial charge in [-0.2, -0.15) is 8.42 Å². The number of halogens is 1. The number of hydrogen-bond donors (Lipinski definition) is 2. The molecule has 7 heteroatoms. The number of sulfonamides is 1. The van der Waals surface area contributed by atoms with Gasteiger partial charge in [-0.25, -0.2) is 0 Å². The summed E-state index contributed by atoms with van der Waals surface area (Å²) < 4.78 is 27.5. The molecule has 4 nitrogen and oxygen atoms in total. The maximum absolute atomic E-state index is 11.4. The van der Waals surface area contributed by atoms with Crippen molar-refractivity contribution < 1.29 is 17.6 Å². The SMILES string of the molecule is O=S(=O)([NH2+]OS)c1ccccc1Br. The number of hydrogen-bond acceptors (Lipinski definition) is 4. The molecule has 0 aliphatic heterocycles. The molecule has 0 aromatic heterocycles. The normalized spacial score (nSPS) is 11.5. The van der Waals surface area contributed by atoms with Gasteiger partial charge in [0, 0.05) is 17.4 Å². The van der Waals surface area contributed by atoms with Crippen molar-refractivity contribution >= 4 is 38.9 Å². The molecule has 0 saturated heterocycles. The van der Waals surface area contributed by atoms with Crippen molar-refractivity contribution in [2.45, 2.75) is 4.90 Å². The van der Waals surface area contributed by atoms with Gasteiger partial charge in [0.2, 0.25) is 0 Å². The van der Waals surface area contributed by atoms with Crippen molar-refractivity contribution in [1.82, 2.24) is 0 Å². The minimum absolute atomic E-state index is 0.157. The van der Waals surface area contributed by atoms with Gasteiger partial charge in [0.25, 0.3) is 0 Å². The molecule has 0 bridgehead atoms. The van der Waals surface area contributed by atoms with Crippen molar-refractivity contribution in [3.8, 4) is 0 Å². The van der Waals surface area contributed by atoms with Crippen LogP contribution < -0.4 is 4.89 Å². The first-order valence-electron chi connectivity index (χ1n) is 3.21. The zero-order valence-electron chi connectivity index (χ0n) is 6.34. The highest BCUT2D eigenvalue weighted by atomic mass is 79.9. The first-order chi connectivity index (χ1) is 6.08. The third kappa shape index (κ3) is 2.68. The Morgan fingerprint density at radius 3 is 2.54 bits per heavy atom. The minimum Gasteiger partial charge on any atom is -0.166 e. The average molecular weight is 285 g/mol. The third-order valence-electron chi connectivity index (χ3n) is 1.31. The summed E-state index contributed by atoms with van der Waals surface area (Å²) in [5, 5.41) is 0. The zero-order chi connectivity index (χ0) is 9.90. The van der Waals surface area contributed by atoms with Crippen LogP contribution in [0.25, 0.3) is 0 Å². The topological polar surface area (TPSA) is 60.0 Å². The molecule has 72 valence electrons. The van der Waals surface area contributed by atoms with Gasteiger partial charge in [0.05, 0.1) is 0 Å². The monoisotopic (exact) mass is 284 g/mol. The number of benzene rings is 1. The van der Waals surface area contributed by atoms with Crippen LogP contribution in [0.4, 0.5) is 0 Å². The van der Waals surface area contributed by atoms with Gasteiger partial charge in [-0.15, -0.1) is 4.28 Å². The summed E-state index contributed by atoms with van der Waals surface area (Å²) in [6, 6.07) is 6.47. The highest BCUT2D eigenvalue weighted by molar-refractivity contribution is 9.10. The molecule has 1 aromatic carbocycles. The van der Waals surface area contributed by atoms with Gasteiger partial charge in [-0.3, -0.25) is 0 Å². The molecule has 1 aromatic rings. The first-order valence-corrected chi connectivity index (χ1v) is 5.91. The van der Waals surface area contributed by atoms with E-state index in [1.807, 2.05) is 0 Å². The number of nitrogens with two attached hydrogens (primary N) is 1. The van der Waals surface area contributed by atoms with E-state index >= 15 is 0 Å². The van der Waals surface area contributed by atoms with Crippen LogP contribution in [0.2, 0.25) is 0 Å². The number of primary sulfonamides is 1. The predicted molar refractivity (Wildman–Crippen MR) is 53.3 cm³/mol. The minimum atomic E-state index is -3.51. The zero-order valence-corrected chi connectivity index (χ0v) is 9.64. The van der Waals surface area contributed by atoms with E-state index in [0.717, 1.165) is 0 Å². The molecule has 1 rings (SSSR count). The van der Waals surface area contributed by atoms with E-state index < -0.39 is 10.0 Å². The smallest absolute Gasteiger partial charge is 0.166 e. The van der Waals surface area contributed by atoms with Crippen LogP contribution in [0.1, 0.15) is 0 Å². The number of rotatable bonds is 3. The van der Waals surface area contributed by atoms with E-state index in [1.165, 1.54) is 6.07 Å². The Morgan fingerprint density at radius 2 is 2.00 bits per heavy atom. The van der Waals surface area contributed by atoms with Crippen molar-refractivity contribution in [2.75, 3.05) is 0 Å². The lowest BCUT2D eigenvalue weighted by molar-refractivity contribution is -0.730. The van der Waals surface area contributed by atoms with Gasteiger partial charge in [-0.05, 0) is 28.1 Å². The molecule has 0 amide bonds. The summed E-state index contributed by atoms with van der Waals surface area (Å²) in [5.74, 6) is 0. The third-order valence-corrected chi connectivity index (χ3v) is 3.83. The molecule has 13 heavy (non-hydrogen) atoms. The van der Waals surface area contributed by atoms with Gasteiger partial charge in [0.15, 0.2) is 0 Å². The molecule has 0 atom stereocenters. The highest BCUT2D eigenvalue weighted by Gasteiger charge is 2.20. The average Bonchev–Trinajstić information content (AvgIpc) is 2.04. The largest absolute Gasteiger partial charge is 0.356 e. The molecule has 0 aliphatic rings. The van der Waals surface area contributed by atoms with Gasteiger partial charge in [-0.1, -0.05) is 17.0 Å². The second-order valence-corrected chi connectivity index (χ2v) is 4.96. The molecule has 0 saturated carbocycles. The Balaban J connectivity index is 3.15. The van der Waals surface area contributed by atoms with Gasteiger partial charge >= 0.3 is 10.0 Å². The lowest BCUT2D eigenvalue weighted by atomic mass is 10.4. The van der Waals surface area contributed by atoms with Crippen LogP contribution >= 0.6 is 28.8 Å². The number of thiol groups is 1. The van der Waals surface area contributed by atoms with Crippen LogP contribution in [-0.4, -0.2) is 8.42 Å². The van der Waals surface area contributed by atoms with E-state index in [0.29, 0.717) is 9.36 Å². The Hall–Kier alpha value is -0.0800. The molecule has 0 heterocycles. The highest BCUT2D eigenvalue weighted by Crippen LogP contribution is 2.18. The van der Waals surface area contributed by atoms with Crippen LogP contribution in [0.3, 0.4) is 0 Å². The summed E-state index contributed by atoms with van der Waals surface area (Å²) in [6.45, 7) is 0. The van der Waals surface area contributed by atoms with Crippen molar-refractivity contribution in [1.29, 1.82) is 0 Å². The lowest BCUT2D eigenvalue weighted by Gasteiger charge is -2.00. The molecule has 0 spiro atoms. The molecular formula is C6H7BrNO3S2+. The van der Waals surface area contributed by atoms with E-state index in [1.54, 1.807) is 18.2 Å². The fraction of sp³-hybridized carbons (Fsp3) is 0. The molecule has 2 N–H and O–H groups in total. The predicted octanol–water partition coefficient (Wildman–Crippen LogP) is 0.478. The van der Waals surface area contributed by atoms with E-state index in [2.05, 4.69) is 33.1 Å². The Morgan fingerprint density at radius 1 is 1.38 bits per heavy atom. The Kier molecular flexibility index (Phi) is 3.74. The van der Waals surface area contributed by atoms with E-state index in [4.69, 9.17) is 0 Å². The molecule has 0 radical (unpaired) electrons. The fourth-order valence-electron chi connectivity index (χ4n) is 0.784. The Labute approximate surface area is 90.0 Å². The lowest BCUT2D eigenvalue weighted by Crippen LogP contribution is -2.84. The molecule has 0 unspecified atom stereocenters. The second kappa shape index (κ2) is 4.43. The summed E-state index contributed by atoms with van der Waals surface area (Å²) in [6.07, 6.45) is 0. The summed E-state index contributed by atoms with van der Waals surface area (Å²) in [5.41, 5.74) is 0. The summed E-state index contributed by atoms with van der Waals surface area (Å²) in [4.78, 5) is 0.833. The standard InChI is InChI=1S/C6H6BrNO3S2/c7-5-3-1-2-4-6(5)13(9,10)8-11-12/h1-4,8,12H/p+1. The molecule has 0 fully saturated rings. The van der Waals surface area contributed by atoms with Crippen LogP contribution in [-0.2, 0) is 14.3 Å². The maximum atomic E-state index is 11.4. The van der Waals surface area contributed by atoms with Crippen LogP contribution in [0.15, 0.2) is 33.6 Å². The molecular weight excluding hydrogens is 278 g/mol.